The summed E-state index contributed by atoms with van der Waals surface area (Å²) in [5.74, 6) is 0. The molecule has 0 amide bonds. The van der Waals surface area contributed by atoms with Crippen LogP contribution in [0, 0.1) is 27.7 Å². The lowest BCUT2D eigenvalue weighted by molar-refractivity contribution is 0.592. The molecule has 27 heavy (non-hydrogen) atoms. The van der Waals surface area contributed by atoms with E-state index in [0.29, 0.717) is 9.79 Å². The summed E-state index contributed by atoms with van der Waals surface area (Å²) in [6.45, 7) is 12.5. The molecule has 2 rings (SSSR count). The summed E-state index contributed by atoms with van der Waals surface area (Å²) in [5.41, 5.74) is 6.54. The number of sulfone groups is 1. The summed E-state index contributed by atoms with van der Waals surface area (Å²) in [6, 6.07) is 7.54. The normalized spacial score (nSPS) is 11.8. The predicted octanol–water partition coefficient (Wildman–Crippen LogP) is 6.44. The van der Waals surface area contributed by atoms with Gasteiger partial charge in [-0.25, -0.2) is 8.42 Å². The smallest absolute Gasteiger partial charge is 0.207 e. The number of aryl methyl sites for hydroxylation is 2. The van der Waals surface area contributed by atoms with Crippen LogP contribution in [-0.2, 0) is 22.7 Å². The van der Waals surface area contributed by atoms with Crippen LogP contribution in [0.3, 0.4) is 0 Å². The molecule has 0 unspecified atom stereocenters. The van der Waals surface area contributed by atoms with E-state index >= 15 is 0 Å². The molecule has 0 radical (unpaired) electrons. The van der Waals surface area contributed by atoms with Crippen molar-refractivity contribution in [3.8, 4) is 0 Å². The summed E-state index contributed by atoms with van der Waals surface area (Å²) >= 11 is 0. The fourth-order valence-electron chi connectivity index (χ4n) is 3.65. The monoisotopic (exact) mass is 386 g/mol. The zero-order valence-corrected chi connectivity index (χ0v) is 18.6. The highest BCUT2D eigenvalue weighted by molar-refractivity contribution is 7.91. The maximum Gasteiger partial charge on any atom is 0.207 e. The van der Waals surface area contributed by atoms with Crippen molar-refractivity contribution in [2.24, 2.45) is 0 Å². The van der Waals surface area contributed by atoms with Gasteiger partial charge in [0.25, 0.3) is 0 Å². The SMILES string of the molecule is CCCCc1c(S(=O)(=O)c2ccc(C)c(C)c2CCCC)ccc(C)c1C. The molecule has 0 fully saturated rings. The quantitative estimate of drug-likeness (QED) is 0.523. The molecule has 3 heteroatoms. The number of hydrogen-bond donors (Lipinski definition) is 0. The molecule has 0 saturated carbocycles. The van der Waals surface area contributed by atoms with Crippen molar-refractivity contribution in [3.63, 3.8) is 0 Å². The van der Waals surface area contributed by atoms with Crippen LogP contribution in [0.4, 0.5) is 0 Å². The Balaban J connectivity index is 2.70. The Bertz CT molecular complexity index is 839. The topological polar surface area (TPSA) is 34.1 Å². The first-order valence-corrected chi connectivity index (χ1v) is 11.7. The minimum absolute atomic E-state index is 0.500. The van der Waals surface area contributed by atoms with Gasteiger partial charge in [-0.1, -0.05) is 38.8 Å². The van der Waals surface area contributed by atoms with Gasteiger partial charge in [-0.2, -0.15) is 0 Å². The molecular weight excluding hydrogens is 352 g/mol. The van der Waals surface area contributed by atoms with Crippen molar-refractivity contribution in [2.45, 2.75) is 89.9 Å². The lowest BCUT2D eigenvalue weighted by Crippen LogP contribution is -2.12. The lowest BCUT2D eigenvalue weighted by Gasteiger charge is -2.19. The fourth-order valence-corrected chi connectivity index (χ4v) is 5.54. The maximum absolute atomic E-state index is 13.7. The number of benzene rings is 2. The van der Waals surface area contributed by atoms with Gasteiger partial charge < -0.3 is 0 Å². The summed E-state index contributed by atoms with van der Waals surface area (Å²) in [4.78, 5) is 1.00. The van der Waals surface area contributed by atoms with E-state index in [1.54, 1.807) is 0 Å². The molecule has 0 aromatic heterocycles. The molecular formula is C24H34O2S. The van der Waals surface area contributed by atoms with Crippen LogP contribution in [0.2, 0.25) is 0 Å². The van der Waals surface area contributed by atoms with Gasteiger partial charge in [0, 0.05) is 0 Å². The summed E-state index contributed by atoms with van der Waals surface area (Å²) < 4.78 is 27.5. The van der Waals surface area contributed by atoms with Crippen molar-refractivity contribution in [2.75, 3.05) is 0 Å². The van der Waals surface area contributed by atoms with Crippen LogP contribution < -0.4 is 0 Å². The van der Waals surface area contributed by atoms with E-state index in [1.165, 1.54) is 0 Å². The number of rotatable bonds is 8. The molecule has 0 aliphatic carbocycles. The molecule has 0 aliphatic heterocycles. The molecule has 2 nitrogen and oxygen atoms in total. The first-order valence-electron chi connectivity index (χ1n) is 10.2. The van der Waals surface area contributed by atoms with Gasteiger partial charge in [0.05, 0.1) is 9.79 Å². The standard InChI is InChI=1S/C24H34O2S/c1-7-9-11-21-19(5)17(3)13-15-23(21)27(25,26)24-16-14-18(4)20(6)22(24)12-10-8-2/h13-16H,7-12H2,1-6H3. The van der Waals surface area contributed by atoms with Crippen LogP contribution in [0.5, 0.6) is 0 Å². The summed E-state index contributed by atoms with van der Waals surface area (Å²) in [7, 11) is -3.54. The van der Waals surface area contributed by atoms with E-state index in [1.807, 2.05) is 24.3 Å². The van der Waals surface area contributed by atoms with Crippen LogP contribution >= 0.6 is 0 Å². The maximum atomic E-state index is 13.7. The highest BCUT2D eigenvalue weighted by Gasteiger charge is 2.26. The Kier molecular flexibility index (Phi) is 7.27. The first kappa shape index (κ1) is 21.7. The van der Waals surface area contributed by atoms with Gasteiger partial charge in [-0.05, 0) is 98.9 Å². The largest absolute Gasteiger partial charge is 0.218 e. The molecule has 148 valence electrons. The average molecular weight is 387 g/mol. The van der Waals surface area contributed by atoms with Crippen molar-refractivity contribution in [3.05, 3.63) is 57.6 Å². The lowest BCUT2D eigenvalue weighted by atomic mass is 9.99. The van der Waals surface area contributed by atoms with Gasteiger partial charge in [-0.15, -0.1) is 0 Å². The van der Waals surface area contributed by atoms with Crippen LogP contribution in [0.25, 0.3) is 0 Å². The van der Waals surface area contributed by atoms with E-state index < -0.39 is 9.84 Å². The zero-order chi connectivity index (χ0) is 20.2. The molecule has 0 bridgehead atoms. The molecule has 0 aliphatic rings. The second-order valence-corrected chi connectivity index (χ2v) is 9.57. The van der Waals surface area contributed by atoms with Gasteiger partial charge in [0.1, 0.15) is 0 Å². The molecule has 0 saturated heterocycles. The Hall–Kier alpha value is -1.61. The van der Waals surface area contributed by atoms with E-state index in [4.69, 9.17) is 0 Å². The average Bonchev–Trinajstić information content (AvgIpc) is 2.63. The minimum atomic E-state index is -3.54. The Labute approximate surface area is 165 Å². The third kappa shape index (κ3) is 4.45. The molecule has 0 atom stereocenters. The molecule has 0 N–H and O–H groups in total. The predicted molar refractivity (Wildman–Crippen MR) is 115 cm³/mol. The fraction of sp³-hybridized carbons (Fsp3) is 0.500. The van der Waals surface area contributed by atoms with Gasteiger partial charge in [-0.3, -0.25) is 0 Å². The van der Waals surface area contributed by atoms with Crippen LogP contribution in [-0.4, -0.2) is 8.42 Å². The van der Waals surface area contributed by atoms with Gasteiger partial charge in [0.15, 0.2) is 0 Å². The van der Waals surface area contributed by atoms with Crippen LogP contribution in [0.1, 0.15) is 72.9 Å². The highest BCUT2D eigenvalue weighted by atomic mass is 32.2. The Morgan fingerprint density at radius 2 is 1.04 bits per heavy atom. The third-order valence-electron chi connectivity index (χ3n) is 5.79. The van der Waals surface area contributed by atoms with E-state index in [0.717, 1.165) is 71.9 Å². The second kappa shape index (κ2) is 9.05. The molecule has 0 spiro atoms. The minimum Gasteiger partial charge on any atom is -0.218 e. The molecule has 2 aromatic carbocycles. The van der Waals surface area contributed by atoms with E-state index in [-0.39, 0.29) is 0 Å². The van der Waals surface area contributed by atoms with Crippen molar-refractivity contribution < 1.29 is 8.42 Å². The Morgan fingerprint density at radius 1 is 0.667 bits per heavy atom. The van der Waals surface area contributed by atoms with Crippen LogP contribution in [0.15, 0.2) is 34.1 Å². The second-order valence-electron chi connectivity index (χ2n) is 7.68. The highest BCUT2D eigenvalue weighted by Crippen LogP contribution is 2.33. The molecule has 2 aromatic rings. The van der Waals surface area contributed by atoms with Crippen molar-refractivity contribution in [1.82, 2.24) is 0 Å². The number of hydrogen-bond acceptors (Lipinski definition) is 2. The third-order valence-corrected chi connectivity index (χ3v) is 7.72. The van der Waals surface area contributed by atoms with E-state index in [2.05, 4.69) is 41.5 Å². The van der Waals surface area contributed by atoms with Crippen molar-refractivity contribution >= 4 is 9.84 Å². The first-order chi connectivity index (χ1) is 12.8. The molecule has 0 heterocycles. The summed E-state index contributed by atoms with van der Waals surface area (Å²) in [6.07, 6.45) is 5.74. The van der Waals surface area contributed by atoms with E-state index in [9.17, 15) is 8.42 Å². The number of unbranched alkanes of at least 4 members (excludes halogenated alkanes) is 2. The van der Waals surface area contributed by atoms with Gasteiger partial charge >= 0.3 is 0 Å². The Morgan fingerprint density at radius 3 is 1.37 bits per heavy atom. The van der Waals surface area contributed by atoms with Crippen molar-refractivity contribution in [1.29, 1.82) is 0 Å². The summed E-state index contributed by atoms with van der Waals surface area (Å²) in [5, 5.41) is 0. The zero-order valence-electron chi connectivity index (χ0n) is 17.8. The van der Waals surface area contributed by atoms with Gasteiger partial charge in [0.2, 0.25) is 9.84 Å².